The van der Waals surface area contributed by atoms with Crippen molar-refractivity contribution in [2.45, 2.75) is 12.8 Å². The molecule has 18 heavy (non-hydrogen) atoms. The van der Waals surface area contributed by atoms with E-state index in [1.54, 1.807) is 4.57 Å². The molecule has 2 aromatic heterocycles. The maximum Gasteiger partial charge on any atom is 1.00 e. The van der Waals surface area contributed by atoms with Gasteiger partial charge in [0.15, 0.2) is 5.65 Å². The maximum absolute atomic E-state index is 11.3. The van der Waals surface area contributed by atoms with Crippen molar-refractivity contribution in [2.75, 3.05) is 6.61 Å². The minimum atomic E-state index is -0.457. The third kappa shape index (κ3) is 3.06. The van der Waals surface area contributed by atoms with Gasteiger partial charge in [0.25, 0.3) is 0 Å². The van der Waals surface area contributed by atoms with Crippen LogP contribution in [0.5, 0.6) is 5.88 Å². The van der Waals surface area contributed by atoms with Gasteiger partial charge in [0, 0.05) is 5.88 Å². The molecule has 2 aromatic rings. The summed E-state index contributed by atoms with van der Waals surface area (Å²) >= 11 is 0. The minimum absolute atomic E-state index is 0. The van der Waals surface area contributed by atoms with Gasteiger partial charge in [0.2, 0.25) is 0 Å². The number of fused-ring (bicyclic) bond motifs is 1. The number of imidazole rings is 1. The Labute approximate surface area is 125 Å². The monoisotopic (exact) mass is 258 g/mol. The van der Waals surface area contributed by atoms with Crippen LogP contribution in [0.2, 0.25) is 0 Å². The van der Waals surface area contributed by atoms with E-state index in [4.69, 9.17) is 9.84 Å². The Morgan fingerprint density at radius 2 is 2.28 bits per heavy atom. The maximum atomic E-state index is 11.3. The van der Waals surface area contributed by atoms with Crippen LogP contribution in [-0.4, -0.2) is 37.3 Å². The molecule has 2 rings (SSSR count). The standard InChI is InChI=1S/C10H12N4O3.Na/c1-2-7(3-15)17-6-14-5-13-8-9(14)11-4-12-10(8)16;/h2,4-5,7,15H,1,3,6H2,(H,11,12,16);/q;+1/p-1. The normalized spacial score (nSPS) is 12.1. The van der Waals surface area contributed by atoms with Crippen molar-refractivity contribution in [1.82, 2.24) is 19.5 Å². The van der Waals surface area contributed by atoms with Crippen LogP contribution in [-0.2, 0) is 11.5 Å². The van der Waals surface area contributed by atoms with E-state index in [0.717, 1.165) is 0 Å². The SMILES string of the molecule is C=CC(CO)OCn1cnc2c([O-])ncnc21.[Na+]. The van der Waals surface area contributed by atoms with E-state index < -0.39 is 12.0 Å². The summed E-state index contributed by atoms with van der Waals surface area (Å²) in [4.78, 5) is 11.4. The largest absolute Gasteiger partial charge is 1.00 e. The number of hydrogen-bond acceptors (Lipinski definition) is 6. The summed E-state index contributed by atoms with van der Waals surface area (Å²) in [5.74, 6) is -0.420. The summed E-state index contributed by atoms with van der Waals surface area (Å²) < 4.78 is 6.89. The van der Waals surface area contributed by atoms with E-state index in [1.807, 2.05) is 0 Å². The molecule has 1 N–H and O–H groups in total. The molecule has 0 aliphatic carbocycles. The first kappa shape index (κ1) is 15.1. The Kier molecular flexibility index (Phi) is 5.70. The second-order valence-electron chi connectivity index (χ2n) is 3.32. The van der Waals surface area contributed by atoms with E-state index in [1.165, 1.54) is 18.7 Å². The number of hydrogen-bond donors (Lipinski definition) is 1. The molecule has 0 aliphatic heterocycles. The molecular formula is C10H11N4NaO3. The molecule has 1 atom stereocenters. The van der Waals surface area contributed by atoms with Gasteiger partial charge in [-0.25, -0.2) is 9.97 Å². The third-order valence-electron chi connectivity index (χ3n) is 2.24. The smallest absolute Gasteiger partial charge is 0.857 e. The van der Waals surface area contributed by atoms with E-state index in [-0.39, 0.29) is 48.4 Å². The molecule has 0 saturated carbocycles. The Morgan fingerprint density at radius 3 is 2.94 bits per heavy atom. The van der Waals surface area contributed by atoms with Crippen LogP contribution in [0.25, 0.3) is 11.2 Å². The Morgan fingerprint density at radius 1 is 1.50 bits per heavy atom. The van der Waals surface area contributed by atoms with Gasteiger partial charge < -0.3 is 14.9 Å². The molecule has 0 aromatic carbocycles. The van der Waals surface area contributed by atoms with Crippen molar-refractivity contribution in [2.24, 2.45) is 0 Å². The van der Waals surface area contributed by atoms with Crippen molar-refractivity contribution in [3.8, 4) is 5.88 Å². The van der Waals surface area contributed by atoms with Crippen LogP contribution in [0, 0.1) is 0 Å². The summed E-state index contributed by atoms with van der Waals surface area (Å²) in [6, 6.07) is 0. The average molecular weight is 258 g/mol. The molecule has 0 spiro atoms. The quantitative estimate of drug-likeness (QED) is 0.440. The van der Waals surface area contributed by atoms with E-state index >= 15 is 0 Å². The van der Waals surface area contributed by atoms with Gasteiger partial charge in [-0.15, -0.1) is 6.58 Å². The van der Waals surface area contributed by atoms with Crippen molar-refractivity contribution in [1.29, 1.82) is 0 Å². The fourth-order valence-corrected chi connectivity index (χ4v) is 1.32. The van der Waals surface area contributed by atoms with Gasteiger partial charge in [-0.3, -0.25) is 9.55 Å². The van der Waals surface area contributed by atoms with Gasteiger partial charge in [-0.1, -0.05) is 6.08 Å². The molecule has 1 unspecified atom stereocenters. The van der Waals surface area contributed by atoms with Crippen LogP contribution in [0.3, 0.4) is 0 Å². The number of aromatic nitrogens is 4. The fourth-order valence-electron chi connectivity index (χ4n) is 1.32. The zero-order valence-corrected chi connectivity index (χ0v) is 12.0. The average Bonchev–Trinajstić information content (AvgIpc) is 2.75. The summed E-state index contributed by atoms with van der Waals surface area (Å²) in [7, 11) is 0. The van der Waals surface area contributed by atoms with Gasteiger partial charge in [0.05, 0.1) is 12.9 Å². The third-order valence-corrected chi connectivity index (χ3v) is 2.24. The molecule has 0 radical (unpaired) electrons. The fraction of sp³-hybridized carbons (Fsp3) is 0.300. The summed E-state index contributed by atoms with van der Waals surface area (Å²) in [5, 5.41) is 20.2. The molecule has 90 valence electrons. The predicted octanol–water partition coefficient (Wildman–Crippen LogP) is -3.58. The molecule has 8 heteroatoms. The number of rotatable bonds is 5. The number of aliphatic hydroxyl groups excluding tert-OH is 1. The van der Waals surface area contributed by atoms with E-state index in [2.05, 4.69) is 21.5 Å². The molecule has 0 fully saturated rings. The predicted molar refractivity (Wildman–Crippen MR) is 56.9 cm³/mol. The molecule has 0 amide bonds. The van der Waals surface area contributed by atoms with Crippen LogP contribution >= 0.6 is 0 Å². The molecule has 0 bridgehead atoms. The topological polar surface area (TPSA) is 96.1 Å². The Bertz CT molecular complexity index is 531. The Hall–Kier alpha value is -0.990. The van der Waals surface area contributed by atoms with Gasteiger partial charge >= 0.3 is 29.6 Å². The van der Waals surface area contributed by atoms with Crippen LogP contribution in [0.4, 0.5) is 0 Å². The van der Waals surface area contributed by atoms with Gasteiger partial charge in [0.1, 0.15) is 24.7 Å². The van der Waals surface area contributed by atoms with Crippen LogP contribution < -0.4 is 34.7 Å². The van der Waals surface area contributed by atoms with Gasteiger partial charge in [-0.05, 0) is 0 Å². The van der Waals surface area contributed by atoms with Crippen molar-refractivity contribution in [3.63, 3.8) is 0 Å². The number of nitrogens with zero attached hydrogens (tertiary/aromatic N) is 4. The molecular weight excluding hydrogens is 247 g/mol. The van der Waals surface area contributed by atoms with Crippen LogP contribution in [0.15, 0.2) is 25.3 Å². The molecule has 0 saturated heterocycles. The molecule has 7 nitrogen and oxygen atoms in total. The van der Waals surface area contributed by atoms with E-state index in [0.29, 0.717) is 5.65 Å². The van der Waals surface area contributed by atoms with Crippen molar-refractivity contribution >= 4 is 11.2 Å². The molecule has 0 aliphatic rings. The summed E-state index contributed by atoms with van der Waals surface area (Å²) in [5.41, 5.74) is 0.612. The number of ether oxygens (including phenoxy) is 1. The zero-order valence-electron chi connectivity index (χ0n) is 9.98. The summed E-state index contributed by atoms with van der Waals surface area (Å²) in [6.07, 6.45) is 3.66. The number of aliphatic hydroxyl groups is 1. The minimum Gasteiger partial charge on any atom is -0.857 e. The second kappa shape index (κ2) is 6.81. The van der Waals surface area contributed by atoms with Crippen molar-refractivity contribution in [3.05, 3.63) is 25.3 Å². The first-order valence-electron chi connectivity index (χ1n) is 4.94. The van der Waals surface area contributed by atoms with Crippen LogP contribution in [0.1, 0.15) is 0 Å². The van der Waals surface area contributed by atoms with Crippen molar-refractivity contribution < 1.29 is 44.5 Å². The second-order valence-corrected chi connectivity index (χ2v) is 3.32. The van der Waals surface area contributed by atoms with E-state index in [9.17, 15) is 5.11 Å². The summed E-state index contributed by atoms with van der Waals surface area (Å²) in [6.45, 7) is 3.50. The zero-order chi connectivity index (χ0) is 12.3. The Balaban J connectivity index is 0.00000162. The first-order valence-corrected chi connectivity index (χ1v) is 4.94. The first-order chi connectivity index (χ1) is 8.26. The molecule has 2 heterocycles. The van der Waals surface area contributed by atoms with Gasteiger partial charge in [-0.2, -0.15) is 0 Å².